The molecular formula is C17H28N2O2S. The van der Waals surface area contributed by atoms with E-state index in [1.165, 1.54) is 38.5 Å². The molecule has 0 aromatic rings. The highest BCUT2D eigenvalue weighted by atomic mass is 32.2. The Morgan fingerprint density at radius 2 is 1.68 bits per heavy atom. The first-order chi connectivity index (χ1) is 10.5. The summed E-state index contributed by atoms with van der Waals surface area (Å²) in [6.07, 6.45) is 8.99. The van der Waals surface area contributed by atoms with E-state index in [1.54, 1.807) is 0 Å². The summed E-state index contributed by atoms with van der Waals surface area (Å²) in [4.78, 5) is 23.7. The molecule has 4 nitrogen and oxygen atoms in total. The van der Waals surface area contributed by atoms with E-state index < -0.39 is 0 Å². The van der Waals surface area contributed by atoms with Crippen LogP contribution < -0.4 is 10.6 Å². The highest BCUT2D eigenvalue weighted by molar-refractivity contribution is 8.01. The summed E-state index contributed by atoms with van der Waals surface area (Å²) >= 11 is 1.82. The molecule has 2 N–H and O–H groups in total. The highest BCUT2D eigenvalue weighted by Crippen LogP contribution is 2.60. The molecule has 0 spiro atoms. The van der Waals surface area contributed by atoms with Gasteiger partial charge in [0.15, 0.2) is 0 Å². The lowest BCUT2D eigenvalue weighted by Crippen LogP contribution is -2.49. The Balaban J connectivity index is 1.46. The van der Waals surface area contributed by atoms with Crippen LogP contribution in [0.25, 0.3) is 0 Å². The molecule has 4 aliphatic carbocycles. The van der Waals surface area contributed by atoms with Gasteiger partial charge in [0.05, 0.1) is 5.75 Å². The van der Waals surface area contributed by atoms with Gasteiger partial charge in [-0.15, -0.1) is 11.8 Å². The van der Waals surface area contributed by atoms with Crippen LogP contribution >= 0.6 is 11.8 Å². The molecule has 4 rings (SSSR count). The molecular weight excluding hydrogens is 296 g/mol. The highest BCUT2D eigenvalue weighted by Gasteiger charge is 2.51. The van der Waals surface area contributed by atoms with Gasteiger partial charge in [-0.05, 0) is 69.6 Å². The van der Waals surface area contributed by atoms with E-state index in [4.69, 9.17) is 0 Å². The molecule has 0 radical (unpaired) electrons. The zero-order valence-corrected chi connectivity index (χ0v) is 14.5. The molecule has 0 heterocycles. The van der Waals surface area contributed by atoms with Gasteiger partial charge in [0.2, 0.25) is 5.91 Å². The van der Waals surface area contributed by atoms with E-state index in [0.717, 1.165) is 24.2 Å². The van der Waals surface area contributed by atoms with E-state index in [1.807, 2.05) is 25.6 Å². The summed E-state index contributed by atoms with van der Waals surface area (Å²) in [5.41, 5.74) is 0. The van der Waals surface area contributed by atoms with E-state index in [9.17, 15) is 9.59 Å². The number of carbonyl (C=O) groups excluding carboxylic acids is 2. The van der Waals surface area contributed by atoms with Crippen LogP contribution in [0.3, 0.4) is 0 Å². The Labute approximate surface area is 137 Å². The van der Waals surface area contributed by atoms with Crippen LogP contribution in [0.15, 0.2) is 0 Å². The standard InChI is InChI=1S/C17H28N2O2S/c1-3-11(2)18-16(21)19-15(20)10-22-17-7-12-4-13(8-17)6-14(5-12)9-17/h11-14H,3-10H2,1-2H3,(H2,18,19,20,21)/t11-,12?,13?,14?,17?/m1/s1. The zero-order valence-electron chi connectivity index (χ0n) is 13.7. The molecule has 4 bridgehead atoms. The van der Waals surface area contributed by atoms with E-state index in [-0.39, 0.29) is 18.0 Å². The van der Waals surface area contributed by atoms with Gasteiger partial charge in [-0.3, -0.25) is 10.1 Å². The van der Waals surface area contributed by atoms with Crippen LogP contribution in [0.2, 0.25) is 0 Å². The minimum atomic E-state index is -0.356. The number of imide groups is 1. The van der Waals surface area contributed by atoms with E-state index in [2.05, 4.69) is 10.6 Å². The van der Waals surface area contributed by atoms with Crippen LogP contribution in [-0.4, -0.2) is 28.5 Å². The van der Waals surface area contributed by atoms with Gasteiger partial charge in [-0.2, -0.15) is 0 Å². The lowest BCUT2D eigenvalue weighted by atomic mass is 9.56. The molecule has 0 aliphatic heterocycles. The number of rotatable bonds is 5. The second-order valence-electron chi connectivity index (χ2n) is 7.72. The van der Waals surface area contributed by atoms with Crippen LogP contribution in [0.1, 0.15) is 58.8 Å². The second-order valence-corrected chi connectivity index (χ2v) is 9.16. The Kier molecular flexibility index (Phi) is 4.72. The Morgan fingerprint density at radius 1 is 1.14 bits per heavy atom. The van der Waals surface area contributed by atoms with Crippen molar-refractivity contribution in [1.29, 1.82) is 0 Å². The van der Waals surface area contributed by atoms with Crippen molar-refractivity contribution in [3.63, 3.8) is 0 Å². The van der Waals surface area contributed by atoms with Crippen molar-refractivity contribution in [2.24, 2.45) is 17.8 Å². The number of urea groups is 1. The largest absolute Gasteiger partial charge is 0.335 e. The number of hydrogen-bond donors (Lipinski definition) is 2. The number of thioether (sulfide) groups is 1. The van der Waals surface area contributed by atoms with Crippen molar-refractivity contribution in [3.05, 3.63) is 0 Å². The quantitative estimate of drug-likeness (QED) is 0.815. The minimum absolute atomic E-state index is 0.101. The monoisotopic (exact) mass is 324 g/mol. The molecule has 4 fully saturated rings. The van der Waals surface area contributed by atoms with E-state index >= 15 is 0 Å². The summed E-state index contributed by atoms with van der Waals surface area (Å²) in [5.74, 6) is 2.96. The molecule has 0 saturated heterocycles. The van der Waals surface area contributed by atoms with Crippen molar-refractivity contribution in [2.75, 3.05) is 5.75 Å². The van der Waals surface area contributed by atoms with Gasteiger partial charge in [-0.25, -0.2) is 4.79 Å². The average molecular weight is 324 g/mol. The van der Waals surface area contributed by atoms with Crippen LogP contribution in [0, 0.1) is 17.8 Å². The first-order valence-electron chi connectivity index (χ1n) is 8.72. The number of carbonyl (C=O) groups is 2. The molecule has 5 heteroatoms. The van der Waals surface area contributed by atoms with Gasteiger partial charge in [0.1, 0.15) is 0 Å². The number of nitrogens with one attached hydrogen (secondary N) is 2. The normalized spacial score (nSPS) is 36.9. The Hall–Kier alpha value is -0.710. The van der Waals surface area contributed by atoms with Crippen molar-refractivity contribution >= 4 is 23.7 Å². The maximum Gasteiger partial charge on any atom is 0.321 e. The SMILES string of the molecule is CC[C@@H](C)NC(=O)NC(=O)CSC12CC3CC(CC(C3)C1)C2. The number of amides is 3. The molecule has 124 valence electrons. The molecule has 3 amide bonds. The fourth-order valence-electron chi connectivity index (χ4n) is 4.95. The minimum Gasteiger partial charge on any atom is -0.335 e. The first-order valence-corrected chi connectivity index (χ1v) is 9.71. The summed E-state index contributed by atoms with van der Waals surface area (Å²) < 4.78 is 0.333. The van der Waals surface area contributed by atoms with Gasteiger partial charge in [0.25, 0.3) is 0 Å². The predicted octanol–water partition coefficient (Wildman–Crippen LogP) is 3.31. The van der Waals surface area contributed by atoms with Crippen LogP contribution in [0.4, 0.5) is 4.79 Å². The summed E-state index contributed by atoms with van der Waals surface area (Å²) in [7, 11) is 0. The fourth-order valence-corrected chi connectivity index (χ4v) is 6.52. The maximum absolute atomic E-state index is 12.0. The Bertz CT molecular complexity index is 417. The zero-order chi connectivity index (χ0) is 15.7. The predicted molar refractivity (Wildman–Crippen MR) is 89.8 cm³/mol. The van der Waals surface area contributed by atoms with Crippen molar-refractivity contribution in [1.82, 2.24) is 10.6 Å². The van der Waals surface area contributed by atoms with Gasteiger partial charge < -0.3 is 5.32 Å². The molecule has 22 heavy (non-hydrogen) atoms. The summed E-state index contributed by atoms with van der Waals surface area (Å²) in [5, 5.41) is 5.24. The fraction of sp³-hybridized carbons (Fsp3) is 0.882. The molecule has 4 saturated carbocycles. The van der Waals surface area contributed by atoms with Gasteiger partial charge in [-0.1, -0.05) is 6.92 Å². The Morgan fingerprint density at radius 3 is 2.18 bits per heavy atom. The van der Waals surface area contributed by atoms with Gasteiger partial charge >= 0.3 is 6.03 Å². The smallest absolute Gasteiger partial charge is 0.321 e. The summed E-state index contributed by atoms with van der Waals surface area (Å²) in [6.45, 7) is 3.95. The third kappa shape index (κ3) is 3.61. The first kappa shape index (κ1) is 16.2. The molecule has 0 unspecified atom stereocenters. The lowest BCUT2D eigenvalue weighted by Gasteiger charge is -2.56. The van der Waals surface area contributed by atoms with Crippen LogP contribution in [0.5, 0.6) is 0 Å². The van der Waals surface area contributed by atoms with Crippen molar-refractivity contribution in [2.45, 2.75) is 69.6 Å². The van der Waals surface area contributed by atoms with Crippen LogP contribution in [-0.2, 0) is 4.79 Å². The molecule has 4 aliphatic rings. The second kappa shape index (κ2) is 6.42. The lowest BCUT2D eigenvalue weighted by molar-refractivity contribution is -0.117. The third-order valence-electron chi connectivity index (χ3n) is 5.73. The topological polar surface area (TPSA) is 58.2 Å². The molecule has 0 aromatic carbocycles. The molecule has 0 aromatic heterocycles. The van der Waals surface area contributed by atoms with Crippen molar-refractivity contribution in [3.8, 4) is 0 Å². The summed E-state index contributed by atoms with van der Waals surface area (Å²) in [6, 6.07) is -0.255. The van der Waals surface area contributed by atoms with E-state index in [0.29, 0.717) is 10.5 Å². The molecule has 1 atom stereocenters. The third-order valence-corrected chi connectivity index (χ3v) is 7.25. The maximum atomic E-state index is 12.0. The van der Waals surface area contributed by atoms with Crippen molar-refractivity contribution < 1.29 is 9.59 Å². The van der Waals surface area contributed by atoms with Gasteiger partial charge in [0, 0.05) is 10.8 Å². The number of hydrogen-bond acceptors (Lipinski definition) is 3. The average Bonchev–Trinajstić information content (AvgIpc) is 2.43.